The summed E-state index contributed by atoms with van der Waals surface area (Å²) >= 11 is 0. The number of carbonyl (C=O) groups is 2. The van der Waals surface area contributed by atoms with Gasteiger partial charge in [0.2, 0.25) is 0 Å². The Morgan fingerprint density at radius 3 is 2.39 bits per heavy atom. The second-order valence-corrected chi connectivity index (χ2v) is 9.16. The van der Waals surface area contributed by atoms with Crippen LogP contribution in [0.25, 0.3) is 0 Å². The minimum Gasteiger partial charge on any atom is -0.488 e. The van der Waals surface area contributed by atoms with Gasteiger partial charge in [0.05, 0.1) is 0 Å². The lowest BCUT2D eigenvalue weighted by molar-refractivity contribution is -0.158. The van der Waals surface area contributed by atoms with Crippen LogP contribution >= 0.6 is 0 Å². The number of carbonyl (C=O) groups excluding carboxylic acids is 1. The number of aliphatic carboxylic acids is 1. The number of ether oxygens (including phenoxy) is 2. The third-order valence-electron chi connectivity index (χ3n) is 6.57. The third-order valence-corrected chi connectivity index (χ3v) is 6.57. The summed E-state index contributed by atoms with van der Waals surface area (Å²) in [5.41, 5.74) is 4.45. The van der Waals surface area contributed by atoms with Gasteiger partial charge in [0.1, 0.15) is 18.4 Å². The van der Waals surface area contributed by atoms with Crippen molar-refractivity contribution in [1.82, 2.24) is 4.90 Å². The number of carboxylic acids is 1. The largest absolute Gasteiger partial charge is 0.488 e. The van der Waals surface area contributed by atoms with Crippen molar-refractivity contribution in [2.24, 2.45) is 0 Å². The number of benzene rings is 3. The Labute approximate surface area is 212 Å². The summed E-state index contributed by atoms with van der Waals surface area (Å²) in [6.07, 6.45) is 1.10. The Kier molecular flexibility index (Phi) is 8.39. The number of hydrogen-bond donors (Lipinski definition) is 1. The molecule has 0 spiro atoms. The summed E-state index contributed by atoms with van der Waals surface area (Å²) in [6, 6.07) is 22.1. The zero-order valence-electron chi connectivity index (χ0n) is 20.9. The maximum absolute atomic E-state index is 13.8. The van der Waals surface area contributed by atoms with E-state index >= 15 is 0 Å². The molecule has 3 aromatic carbocycles. The molecule has 1 aliphatic heterocycles. The van der Waals surface area contributed by atoms with Crippen molar-refractivity contribution in [3.05, 3.63) is 101 Å². The molecule has 3 aromatic rings. The van der Waals surface area contributed by atoms with Gasteiger partial charge in [-0.15, -0.1) is 0 Å². The van der Waals surface area contributed by atoms with Gasteiger partial charge in [-0.3, -0.25) is 4.79 Å². The van der Waals surface area contributed by atoms with Gasteiger partial charge in [0, 0.05) is 25.1 Å². The molecule has 6 heteroatoms. The lowest BCUT2D eigenvalue weighted by Gasteiger charge is -2.37. The van der Waals surface area contributed by atoms with Gasteiger partial charge in [-0.25, -0.2) is 4.79 Å². The monoisotopic (exact) mass is 487 g/mol. The van der Waals surface area contributed by atoms with Gasteiger partial charge < -0.3 is 19.5 Å². The minimum atomic E-state index is -1.04. The molecule has 36 heavy (non-hydrogen) atoms. The molecule has 0 saturated carbocycles. The summed E-state index contributed by atoms with van der Waals surface area (Å²) < 4.78 is 12.2. The van der Waals surface area contributed by atoms with E-state index in [4.69, 9.17) is 9.47 Å². The van der Waals surface area contributed by atoms with Crippen LogP contribution < -0.4 is 4.74 Å². The maximum atomic E-state index is 13.8. The lowest BCUT2D eigenvalue weighted by Crippen LogP contribution is -2.50. The molecule has 0 aromatic heterocycles. The first-order valence-electron chi connectivity index (χ1n) is 12.5. The van der Waals surface area contributed by atoms with Crippen molar-refractivity contribution in [1.29, 1.82) is 0 Å². The highest BCUT2D eigenvalue weighted by Crippen LogP contribution is 2.36. The van der Waals surface area contributed by atoms with E-state index in [0.717, 1.165) is 40.7 Å². The fraction of sp³-hybridized carbons (Fsp3) is 0.333. The van der Waals surface area contributed by atoms with Crippen LogP contribution in [0.5, 0.6) is 5.75 Å². The Bertz CT molecular complexity index is 1180. The fourth-order valence-corrected chi connectivity index (χ4v) is 4.57. The van der Waals surface area contributed by atoms with E-state index in [1.807, 2.05) is 79.7 Å². The van der Waals surface area contributed by atoms with E-state index in [9.17, 15) is 14.7 Å². The first kappa shape index (κ1) is 25.5. The quantitative estimate of drug-likeness (QED) is 0.384. The Morgan fingerprint density at radius 2 is 1.72 bits per heavy atom. The summed E-state index contributed by atoms with van der Waals surface area (Å²) in [6.45, 7) is 5.03. The van der Waals surface area contributed by atoms with Gasteiger partial charge in [-0.2, -0.15) is 0 Å². The van der Waals surface area contributed by atoms with E-state index in [1.54, 1.807) is 0 Å². The first-order chi connectivity index (χ1) is 17.5. The molecule has 1 N–H and O–H groups in total. The fourth-order valence-electron chi connectivity index (χ4n) is 4.57. The van der Waals surface area contributed by atoms with E-state index in [2.05, 4.69) is 6.92 Å². The molecule has 4 rings (SSSR count). The average molecular weight is 488 g/mol. The molecule has 1 heterocycles. The average Bonchev–Trinajstić information content (AvgIpc) is 2.90. The zero-order chi connectivity index (χ0) is 25.5. The molecule has 2 atom stereocenters. The molecule has 0 aliphatic carbocycles. The highest BCUT2D eigenvalue weighted by molar-refractivity contribution is 5.88. The van der Waals surface area contributed by atoms with Crippen molar-refractivity contribution in [2.45, 2.75) is 58.4 Å². The van der Waals surface area contributed by atoms with Crippen LogP contribution in [-0.2, 0) is 33.9 Å². The lowest BCUT2D eigenvalue weighted by atomic mass is 9.90. The number of rotatable bonds is 10. The standard InChI is InChI=1S/C30H33NO5/c1-3-4-17-35-28(23-13-9-6-10-14-23)29(32)31-19-24-16-15-21(2)27(25(24)18-26(31)30(33)34)36-20-22-11-7-5-8-12-22/h5-16,26,28H,3-4,17-20H2,1-2H3,(H,33,34)/t26-,28+/m1/s1. The Hall–Kier alpha value is -3.64. The van der Waals surface area contributed by atoms with E-state index in [0.29, 0.717) is 19.0 Å². The third kappa shape index (κ3) is 5.77. The van der Waals surface area contributed by atoms with E-state index in [-0.39, 0.29) is 18.9 Å². The Balaban J connectivity index is 1.63. The van der Waals surface area contributed by atoms with Gasteiger partial charge in [0.15, 0.2) is 6.10 Å². The minimum absolute atomic E-state index is 0.179. The van der Waals surface area contributed by atoms with Gasteiger partial charge in [-0.1, -0.05) is 86.1 Å². The van der Waals surface area contributed by atoms with E-state index < -0.39 is 18.1 Å². The summed E-state index contributed by atoms with van der Waals surface area (Å²) in [7, 11) is 0. The number of amides is 1. The van der Waals surface area contributed by atoms with Crippen LogP contribution in [0, 0.1) is 6.92 Å². The maximum Gasteiger partial charge on any atom is 0.326 e. The molecular formula is C30H33NO5. The van der Waals surface area contributed by atoms with Crippen LogP contribution in [-0.4, -0.2) is 34.5 Å². The molecule has 0 radical (unpaired) electrons. The number of hydrogen-bond acceptors (Lipinski definition) is 4. The number of unbranched alkanes of at least 4 members (excludes halogenated alkanes) is 1. The molecule has 1 aliphatic rings. The number of nitrogens with zero attached hydrogens (tertiary/aromatic N) is 1. The normalized spacial score (nSPS) is 15.7. The second kappa shape index (κ2) is 11.9. The summed E-state index contributed by atoms with van der Waals surface area (Å²) in [5.74, 6) is -0.666. The SMILES string of the molecule is CCCCO[C@H](C(=O)N1Cc2ccc(C)c(OCc3ccccc3)c2C[C@@H]1C(=O)O)c1ccccc1. The van der Waals surface area contributed by atoms with Crippen LogP contribution in [0.3, 0.4) is 0 Å². The summed E-state index contributed by atoms with van der Waals surface area (Å²) in [4.78, 5) is 27.6. The van der Waals surface area contributed by atoms with Gasteiger partial charge >= 0.3 is 5.97 Å². The predicted molar refractivity (Wildman–Crippen MR) is 138 cm³/mol. The van der Waals surface area contributed by atoms with Gasteiger partial charge in [-0.05, 0) is 35.6 Å². The molecule has 0 bridgehead atoms. The first-order valence-corrected chi connectivity index (χ1v) is 12.5. The van der Waals surface area contributed by atoms with Crippen molar-refractivity contribution >= 4 is 11.9 Å². The van der Waals surface area contributed by atoms with E-state index in [1.165, 1.54) is 4.90 Å². The van der Waals surface area contributed by atoms with Crippen LogP contribution in [0.15, 0.2) is 72.8 Å². The molecular weight excluding hydrogens is 454 g/mol. The van der Waals surface area contributed by atoms with Gasteiger partial charge in [0.25, 0.3) is 5.91 Å². The molecule has 6 nitrogen and oxygen atoms in total. The van der Waals surface area contributed by atoms with Crippen molar-refractivity contribution in [2.75, 3.05) is 6.61 Å². The smallest absolute Gasteiger partial charge is 0.326 e. The molecule has 0 fully saturated rings. The summed E-state index contributed by atoms with van der Waals surface area (Å²) in [5, 5.41) is 10.1. The molecule has 188 valence electrons. The Morgan fingerprint density at radius 1 is 1.03 bits per heavy atom. The van der Waals surface area contributed by atoms with Crippen LogP contribution in [0.4, 0.5) is 0 Å². The van der Waals surface area contributed by atoms with Crippen molar-refractivity contribution in [3.8, 4) is 5.75 Å². The highest BCUT2D eigenvalue weighted by atomic mass is 16.5. The number of fused-ring (bicyclic) bond motifs is 1. The second-order valence-electron chi connectivity index (χ2n) is 9.16. The highest BCUT2D eigenvalue weighted by Gasteiger charge is 2.39. The predicted octanol–water partition coefficient (Wildman–Crippen LogP) is 5.47. The topological polar surface area (TPSA) is 76.1 Å². The molecule has 1 amide bonds. The number of carboxylic acid groups (broad SMARTS) is 1. The molecule has 0 saturated heterocycles. The van der Waals surface area contributed by atoms with Crippen molar-refractivity contribution < 1.29 is 24.2 Å². The van der Waals surface area contributed by atoms with Crippen molar-refractivity contribution in [3.63, 3.8) is 0 Å². The van der Waals surface area contributed by atoms with Crippen LogP contribution in [0.2, 0.25) is 0 Å². The molecule has 0 unspecified atom stereocenters. The van der Waals surface area contributed by atoms with Crippen LogP contribution in [0.1, 0.15) is 53.7 Å². The number of aryl methyl sites for hydroxylation is 1. The zero-order valence-corrected chi connectivity index (χ0v) is 20.9.